The van der Waals surface area contributed by atoms with Crippen LogP contribution in [0.5, 0.6) is 0 Å². The SMILES string of the molecule is CSc1ccccc1C1=NN(C)C(=O)C1. The van der Waals surface area contributed by atoms with E-state index in [1.165, 1.54) is 9.90 Å². The third-order valence-corrected chi connectivity index (χ3v) is 3.16. The minimum absolute atomic E-state index is 0.0564. The maximum atomic E-state index is 11.4. The molecule has 0 aromatic heterocycles. The summed E-state index contributed by atoms with van der Waals surface area (Å²) in [6.07, 6.45) is 2.44. The van der Waals surface area contributed by atoms with Crippen molar-refractivity contribution in [3.63, 3.8) is 0 Å². The van der Waals surface area contributed by atoms with Crippen LogP contribution in [0, 0.1) is 0 Å². The zero-order chi connectivity index (χ0) is 10.8. The number of benzene rings is 1. The molecule has 0 saturated carbocycles. The standard InChI is InChI=1S/C11H12N2OS/c1-13-11(14)7-9(12-13)8-5-3-4-6-10(8)15-2/h3-6H,7H2,1-2H3. The molecule has 1 aromatic rings. The number of nitrogens with zero attached hydrogens (tertiary/aromatic N) is 2. The molecule has 0 aliphatic carbocycles. The van der Waals surface area contributed by atoms with Crippen LogP contribution in [0.25, 0.3) is 0 Å². The summed E-state index contributed by atoms with van der Waals surface area (Å²) in [5, 5.41) is 5.64. The summed E-state index contributed by atoms with van der Waals surface area (Å²) < 4.78 is 0. The van der Waals surface area contributed by atoms with Crippen LogP contribution in [-0.4, -0.2) is 29.9 Å². The van der Waals surface area contributed by atoms with Gasteiger partial charge in [0.1, 0.15) is 0 Å². The molecule has 0 atom stereocenters. The van der Waals surface area contributed by atoms with Crippen molar-refractivity contribution in [1.82, 2.24) is 5.01 Å². The lowest BCUT2D eigenvalue weighted by Gasteiger charge is -2.04. The predicted octanol–water partition coefficient (Wildman–Crippen LogP) is 1.97. The fraction of sp³-hybridized carbons (Fsp3) is 0.273. The molecule has 0 radical (unpaired) electrons. The molecule has 4 heteroatoms. The highest BCUT2D eigenvalue weighted by Gasteiger charge is 2.22. The first kappa shape index (κ1) is 10.2. The van der Waals surface area contributed by atoms with E-state index in [1.54, 1.807) is 18.8 Å². The topological polar surface area (TPSA) is 32.7 Å². The number of rotatable bonds is 2. The Labute approximate surface area is 93.2 Å². The van der Waals surface area contributed by atoms with Gasteiger partial charge in [0.2, 0.25) is 5.91 Å². The van der Waals surface area contributed by atoms with E-state index in [9.17, 15) is 4.79 Å². The van der Waals surface area contributed by atoms with Gasteiger partial charge in [-0.3, -0.25) is 4.79 Å². The Kier molecular flexibility index (Phi) is 2.77. The summed E-state index contributed by atoms with van der Waals surface area (Å²) in [4.78, 5) is 12.5. The largest absolute Gasteiger partial charge is 0.273 e. The van der Waals surface area contributed by atoms with Crippen molar-refractivity contribution in [3.05, 3.63) is 29.8 Å². The number of carbonyl (C=O) groups is 1. The lowest BCUT2D eigenvalue weighted by molar-refractivity contribution is -0.127. The fourth-order valence-corrected chi connectivity index (χ4v) is 2.18. The first-order valence-corrected chi connectivity index (χ1v) is 5.92. The van der Waals surface area contributed by atoms with E-state index >= 15 is 0 Å². The maximum absolute atomic E-state index is 11.4. The van der Waals surface area contributed by atoms with Crippen molar-refractivity contribution in [2.24, 2.45) is 5.10 Å². The molecule has 78 valence electrons. The fourth-order valence-electron chi connectivity index (χ4n) is 1.56. The highest BCUT2D eigenvalue weighted by atomic mass is 32.2. The Balaban J connectivity index is 2.38. The minimum atomic E-state index is 0.0564. The van der Waals surface area contributed by atoms with Gasteiger partial charge in [0.15, 0.2) is 0 Å². The van der Waals surface area contributed by atoms with Gasteiger partial charge in [0.05, 0.1) is 12.1 Å². The zero-order valence-corrected chi connectivity index (χ0v) is 9.54. The molecule has 15 heavy (non-hydrogen) atoms. The molecule has 1 amide bonds. The van der Waals surface area contributed by atoms with Gasteiger partial charge in [-0.2, -0.15) is 5.10 Å². The Bertz CT molecular complexity index is 428. The molecule has 0 saturated heterocycles. The highest BCUT2D eigenvalue weighted by molar-refractivity contribution is 7.98. The van der Waals surface area contributed by atoms with Gasteiger partial charge < -0.3 is 0 Å². The Morgan fingerprint density at radius 2 is 2.13 bits per heavy atom. The molecule has 1 aliphatic heterocycles. The van der Waals surface area contributed by atoms with Crippen LogP contribution < -0.4 is 0 Å². The summed E-state index contributed by atoms with van der Waals surface area (Å²) in [7, 11) is 1.69. The quantitative estimate of drug-likeness (QED) is 0.714. The van der Waals surface area contributed by atoms with E-state index in [-0.39, 0.29) is 5.91 Å². The minimum Gasteiger partial charge on any atom is -0.273 e. The molecule has 2 rings (SSSR count). The maximum Gasteiger partial charge on any atom is 0.248 e. The van der Waals surface area contributed by atoms with Gasteiger partial charge in [-0.25, -0.2) is 5.01 Å². The number of hydrazone groups is 1. The molecule has 1 aromatic carbocycles. The molecular weight excluding hydrogens is 208 g/mol. The number of thioether (sulfide) groups is 1. The molecule has 0 bridgehead atoms. The van der Waals surface area contributed by atoms with E-state index in [4.69, 9.17) is 0 Å². The van der Waals surface area contributed by atoms with Crippen molar-refractivity contribution < 1.29 is 4.79 Å². The van der Waals surface area contributed by atoms with Crippen LogP contribution in [0.3, 0.4) is 0 Å². The van der Waals surface area contributed by atoms with Crippen LogP contribution in [0.4, 0.5) is 0 Å². The average molecular weight is 220 g/mol. The normalized spacial score (nSPS) is 15.7. The Morgan fingerprint density at radius 1 is 1.40 bits per heavy atom. The van der Waals surface area contributed by atoms with Crippen molar-refractivity contribution >= 4 is 23.4 Å². The monoisotopic (exact) mass is 220 g/mol. The highest BCUT2D eigenvalue weighted by Crippen LogP contribution is 2.24. The Hall–Kier alpha value is -1.29. The van der Waals surface area contributed by atoms with Crippen LogP contribution >= 0.6 is 11.8 Å². The van der Waals surface area contributed by atoms with E-state index in [0.717, 1.165) is 11.3 Å². The molecule has 3 nitrogen and oxygen atoms in total. The lowest BCUT2D eigenvalue weighted by atomic mass is 10.1. The number of hydrogen-bond acceptors (Lipinski definition) is 3. The summed E-state index contributed by atoms with van der Waals surface area (Å²) in [5.41, 5.74) is 1.94. The molecule has 1 aliphatic rings. The second-order valence-corrected chi connectivity index (χ2v) is 4.19. The van der Waals surface area contributed by atoms with Gasteiger partial charge in [0.25, 0.3) is 0 Å². The molecule has 0 N–H and O–H groups in total. The second kappa shape index (κ2) is 4.06. The van der Waals surface area contributed by atoms with Gasteiger partial charge in [0, 0.05) is 17.5 Å². The van der Waals surface area contributed by atoms with Crippen LogP contribution in [0.2, 0.25) is 0 Å². The van der Waals surface area contributed by atoms with Gasteiger partial charge in [-0.05, 0) is 12.3 Å². The first-order chi connectivity index (χ1) is 7.22. The Morgan fingerprint density at radius 3 is 2.73 bits per heavy atom. The second-order valence-electron chi connectivity index (χ2n) is 3.34. The first-order valence-electron chi connectivity index (χ1n) is 4.70. The summed E-state index contributed by atoms with van der Waals surface area (Å²) in [6.45, 7) is 0. The van der Waals surface area contributed by atoms with E-state index in [2.05, 4.69) is 5.10 Å². The zero-order valence-electron chi connectivity index (χ0n) is 8.73. The van der Waals surface area contributed by atoms with Crippen LogP contribution in [-0.2, 0) is 4.79 Å². The van der Waals surface area contributed by atoms with Crippen molar-refractivity contribution in [3.8, 4) is 0 Å². The smallest absolute Gasteiger partial charge is 0.248 e. The molecule has 1 heterocycles. The van der Waals surface area contributed by atoms with Crippen molar-refractivity contribution in [2.45, 2.75) is 11.3 Å². The molecular formula is C11H12N2OS. The van der Waals surface area contributed by atoms with Gasteiger partial charge in [-0.15, -0.1) is 11.8 Å². The molecule has 0 unspecified atom stereocenters. The van der Waals surface area contributed by atoms with Crippen molar-refractivity contribution in [2.75, 3.05) is 13.3 Å². The molecule has 0 spiro atoms. The summed E-state index contributed by atoms with van der Waals surface area (Å²) in [5.74, 6) is 0.0564. The van der Waals surface area contributed by atoms with E-state index in [0.29, 0.717) is 6.42 Å². The van der Waals surface area contributed by atoms with Gasteiger partial charge in [-0.1, -0.05) is 18.2 Å². The predicted molar refractivity (Wildman–Crippen MR) is 62.1 cm³/mol. The van der Waals surface area contributed by atoms with E-state index < -0.39 is 0 Å². The van der Waals surface area contributed by atoms with Crippen molar-refractivity contribution in [1.29, 1.82) is 0 Å². The number of hydrogen-bond donors (Lipinski definition) is 0. The summed E-state index contributed by atoms with van der Waals surface area (Å²) in [6, 6.07) is 8.03. The van der Waals surface area contributed by atoms with Crippen LogP contribution in [0.1, 0.15) is 12.0 Å². The third kappa shape index (κ3) is 1.90. The number of carbonyl (C=O) groups excluding carboxylic acids is 1. The molecule has 0 fully saturated rings. The van der Waals surface area contributed by atoms with Crippen LogP contribution in [0.15, 0.2) is 34.3 Å². The average Bonchev–Trinajstić information content (AvgIpc) is 2.59. The summed E-state index contributed by atoms with van der Waals surface area (Å²) >= 11 is 1.67. The lowest BCUT2D eigenvalue weighted by Crippen LogP contribution is -2.14. The van der Waals surface area contributed by atoms with E-state index in [1.807, 2.05) is 30.5 Å². The number of amides is 1. The van der Waals surface area contributed by atoms with Gasteiger partial charge >= 0.3 is 0 Å². The third-order valence-electron chi connectivity index (χ3n) is 2.37.